The lowest BCUT2D eigenvalue weighted by Gasteiger charge is -2.19. The molecule has 0 aliphatic heterocycles. The number of alkyl halides is 3. The molecule has 6 heteroatoms. The molecule has 0 bridgehead atoms. The van der Waals surface area contributed by atoms with Crippen molar-refractivity contribution in [1.82, 2.24) is 0 Å². The number of halogens is 3. The zero-order chi connectivity index (χ0) is 25.7. The minimum atomic E-state index is -4.46. The molecule has 0 atom stereocenters. The van der Waals surface area contributed by atoms with Crippen molar-refractivity contribution in [2.45, 2.75) is 32.4 Å². The molecule has 0 fully saturated rings. The summed E-state index contributed by atoms with van der Waals surface area (Å²) in [5.41, 5.74) is 9.11. The summed E-state index contributed by atoms with van der Waals surface area (Å²) in [7, 11) is 0. The van der Waals surface area contributed by atoms with E-state index in [0.29, 0.717) is 29.9 Å². The first-order chi connectivity index (χ1) is 17.2. The molecular formula is C30H28F3NO2. The van der Waals surface area contributed by atoms with E-state index in [9.17, 15) is 18.0 Å². The minimum absolute atomic E-state index is 0.0165. The number of hydrogen-bond donors (Lipinski definition) is 1. The summed E-state index contributed by atoms with van der Waals surface area (Å²) in [6.07, 6.45) is 18.5. The van der Waals surface area contributed by atoms with Gasteiger partial charge in [-0.15, -0.1) is 0 Å². The third kappa shape index (κ3) is 5.88. The van der Waals surface area contributed by atoms with E-state index < -0.39 is 17.6 Å². The number of rotatable bonds is 6. The quantitative estimate of drug-likeness (QED) is 0.458. The van der Waals surface area contributed by atoms with Gasteiger partial charge in [0.15, 0.2) is 0 Å². The van der Waals surface area contributed by atoms with Crippen LogP contribution < -0.4 is 10.5 Å². The van der Waals surface area contributed by atoms with Gasteiger partial charge in [0.25, 0.3) is 0 Å². The lowest BCUT2D eigenvalue weighted by molar-refractivity contribution is -0.137. The topological polar surface area (TPSA) is 52.3 Å². The zero-order valence-electron chi connectivity index (χ0n) is 20.0. The third-order valence-corrected chi connectivity index (χ3v) is 6.42. The molecule has 0 saturated heterocycles. The first-order valence-electron chi connectivity index (χ1n) is 11.9. The number of ether oxygens (including phenoxy) is 1. The zero-order valence-corrected chi connectivity index (χ0v) is 20.0. The van der Waals surface area contributed by atoms with E-state index in [-0.39, 0.29) is 5.92 Å². The molecule has 4 rings (SSSR count). The molecule has 0 spiro atoms. The van der Waals surface area contributed by atoms with Crippen LogP contribution in [0.1, 0.15) is 37.3 Å². The molecule has 186 valence electrons. The SMILES string of the molecule is CC1=C(C(N)=O)/C=C/C=C(C2=C(c3cc(C(F)(F)F)ccc3OCC3C=CC=CC=C3)CCC2)/C=C\1. The van der Waals surface area contributed by atoms with Gasteiger partial charge in [-0.3, -0.25) is 4.79 Å². The number of carbonyl (C=O) groups excluding carboxylic acids is 1. The fraction of sp³-hybridized carbons (Fsp3) is 0.233. The fourth-order valence-electron chi connectivity index (χ4n) is 4.55. The van der Waals surface area contributed by atoms with E-state index in [4.69, 9.17) is 10.5 Å². The number of hydrogen-bond acceptors (Lipinski definition) is 2. The number of nitrogens with two attached hydrogens (primary N) is 1. The summed E-state index contributed by atoms with van der Waals surface area (Å²) in [5, 5.41) is 0. The summed E-state index contributed by atoms with van der Waals surface area (Å²) in [5.74, 6) is -0.0526. The maximum Gasteiger partial charge on any atom is 0.416 e. The van der Waals surface area contributed by atoms with Crippen molar-refractivity contribution in [2.75, 3.05) is 6.61 Å². The minimum Gasteiger partial charge on any atom is -0.492 e. The Morgan fingerprint density at radius 3 is 2.42 bits per heavy atom. The molecule has 1 aromatic rings. The molecule has 0 aromatic heterocycles. The second-order valence-corrected chi connectivity index (χ2v) is 8.92. The van der Waals surface area contributed by atoms with Gasteiger partial charge < -0.3 is 10.5 Å². The van der Waals surface area contributed by atoms with Gasteiger partial charge in [-0.25, -0.2) is 0 Å². The third-order valence-electron chi connectivity index (χ3n) is 6.42. The lowest BCUT2D eigenvalue weighted by atomic mass is 9.93. The number of benzene rings is 1. The first kappa shape index (κ1) is 25.3. The molecule has 0 saturated carbocycles. The van der Waals surface area contributed by atoms with Crippen LogP contribution in [0.5, 0.6) is 5.75 Å². The van der Waals surface area contributed by atoms with Crippen molar-refractivity contribution in [3.8, 4) is 5.75 Å². The van der Waals surface area contributed by atoms with Gasteiger partial charge in [-0.1, -0.05) is 60.8 Å². The largest absolute Gasteiger partial charge is 0.492 e. The van der Waals surface area contributed by atoms with E-state index in [1.165, 1.54) is 12.1 Å². The van der Waals surface area contributed by atoms with E-state index in [1.807, 2.05) is 54.7 Å². The molecule has 1 amide bonds. The molecular weight excluding hydrogens is 463 g/mol. The summed E-state index contributed by atoms with van der Waals surface area (Å²) in [4.78, 5) is 11.7. The Kier molecular flexibility index (Phi) is 7.63. The van der Waals surface area contributed by atoms with Crippen molar-refractivity contribution >= 4 is 11.5 Å². The molecule has 2 N–H and O–H groups in total. The van der Waals surface area contributed by atoms with Crippen LogP contribution >= 0.6 is 0 Å². The average molecular weight is 492 g/mol. The van der Waals surface area contributed by atoms with Gasteiger partial charge in [0.1, 0.15) is 5.75 Å². The van der Waals surface area contributed by atoms with Crippen LogP contribution in [0.4, 0.5) is 13.2 Å². The Labute approximate surface area is 209 Å². The smallest absolute Gasteiger partial charge is 0.416 e. The van der Waals surface area contributed by atoms with Crippen molar-refractivity contribution in [1.29, 1.82) is 0 Å². The van der Waals surface area contributed by atoms with Crippen molar-refractivity contribution < 1.29 is 22.7 Å². The summed E-state index contributed by atoms with van der Waals surface area (Å²) in [6.45, 7) is 2.12. The first-order valence-corrected chi connectivity index (χ1v) is 11.9. The van der Waals surface area contributed by atoms with E-state index in [0.717, 1.165) is 41.2 Å². The van der Waals surface area contributed by atoms with Crippen LogP contribution in [0.15, 0.2) is 107 Å². The van der Waals surface area contributed by atoms with E-state index >= 15 is 0 Å². The Bertz CT molecular complexity index is 1270. The van der Waals surface area contributed by atoms with Crippen molar-refractivity contribution in [2.24, 2.45) is 11.7 Å². The van der Waals surface area contributed by atoms with Crippen LogP contribution in [0.2, 0.25) is 0 Å². The predicted octanol–water partition coefficient (Wildman–Crippen LogP) is 7.17. The Hall–Kier alpha value is -3.80. The van der Waals surface area contributed by atoms with E-state index in [2.05, 4.69) is 0 Å². The second-order valence-electron chi connectivity index (χ2n) is 8.92. The van der Waals surface area contributed by atoms with Gasteiger partial charge >= 0.3 is 6.18 Å². The van der Waals surface area contributed by atoms with Crippen molar-refractivity contribution in [3.63, 3.8) is 0 Å². The molecule has 0 radical (unpaired) electrons. The maximum absolute atomic E-state index is 13.6. The van der Waals surface area contributed by atoms with Crippen LogP contribution in [0.3, 0.4) is 0 Å². The highest BCUT2D eigenvalue weighted by Gasteiger charge is 2.32. The molecule has 1 aromatic carbocycles. The maximum atomic E-state index is 13.6. The van der Waals surface area contributed by atoms with Crippen molar-refractivity contribution in [3.05, 3.63) is 118 Å². The normalized spacial score (nSPS) is 23.6. The second kappa shape index (κ2) is 10.9. The number of allylic oxidation sites excluding steroid dienone is 12. The molecule has 3 aliphatic rings. The van der Waals surface area contributed by atoms with Gasteiger partial charge in [0.05, 0.1) is 12.2 Å². The van der Waals surface area contributed by atoms with Crippen LogP contribution in [-0.4, -0.2) is 12.5 Å². The molecule has 36 heavy (non-hydrogen) atoms. The highest BCUT2D eigenvalue weighted by molar-refractivity contribution is 5.96. The number of primary amides is 1. The Balaban J connectivity index is 1.73. The van der Waals surface area contributed by atoms with Gasteiger partial charge in [-0.05, 0) is 72.8 Å². The summed E-state index contributed by atoms with van der Waals surface area (Å²) < 4.78 is 47.0. The molecule has 3 nitrogen and oxygen atoms in total. The summed E-state index contributed by atoms with van der Waals surface area (Å²) >= 11 is 0. The monoisotopic (exact) mass is 491 g/mol. The van der Waals surface area contributed by atoms with Crippen LogP contribution in [0, 0.1) is 5.92 Å². The highest BCUT2D eigenvalue weighted by Crippen LogP contribution is 2.44. The van der Waals surface area contributed by atoms with Gasteiger partial charge in [-0.2, -0.15) is 13.2 Å². The van der Waals surface area contributed by atoms with Crippen LogP contribution in [0.25, 0.3) is 5.57 Å². The van der Waals surface area contributed by atoms with E-state index in [1.54, 1.807) is 19.1 Å². The molecule has 0 unspecified atom stereocenters. The lowest BCUT2D eigenvalue weighted by Crippen LogP contribution is -2.13. The average Bonchev–Trinajstić information content (AvgIpc) is 3.15. The Morgan fingerprint density at radius 2 is 1.72 bits per heavy atom. The number of carbonyl (C=O) groups is 1. The predicted molar refractivity (Wildman–Crippen MR) is 137 cm³/mol. The fourth-order valence-corrected chi connectivity index (χ4v) is 4.55. The summed E-state index contributed by atoms with van der Waals surface area (Å²) in [6, 6.07) is 3.71. The Morgan fingerprint density at radius 1 is 1.00 bits per heavy atom. The highest BCUT2D eigenvalue weighted by atomic mass is 19.4. The standard InChI is InChI=1S/C30H28F3NO2/c1-20-14-15-22(10-6-11-24(20)29(34)35)25-12-7-13-26(25)27-18-23(30(31,32)33)16-17-28(27)36-19-21-8-4-2-3-5-9-21/h2-6,8-11,14-18,21H,7,12-13,19H2,1H3,(H2,34,35)/b10-6?,11-6+,15-14-,20-14?,22-10-,22-15?,24-11?,24-20+. The van der Waals surface area contributed by atoms with Crippen LogP contribution in [-0.2, 0) is 11.0 Å². The molecule has 3 aliphatic carbocycles. The van der Waals surface area contributed by atoms with Gasteiger partial charge in [0.2, 0.25) is 5.91 Å². The molecule has 0 heterocycles. The number of amides is 1. The van der Waals surface area contributed by atoms with Gasteiger partial charge in [0, 0.05) is 17.1 Å².